The van der Waals surface area contributed by atoms with E-state index >= 15 is 0 Å². The molecule has 0 saturated carbocycles. The number of aliphatic hydroxyl groups is 1. The van der Waals surface area contributed by atoms with Gasteiger partial charge in [-0.1, -0.05) is 134 Å². The predicted molar refractivity (Wildman–Crippen MR) is 200 cm³/mol. The second-order valence-electron chi connectivity index (χ2n) is 15.5. The second kappa shape index (κ2) is 18.3. The van der Waals surface area contributed by atoms with E-state index in [0.29, 0.717) is 5.57 Å². The van der Waals surface area contributed by atoms with Crippen LogP contribution in [0.25, 0.3) is 0 Å². The second-order valence-corrected chi connectivity index (χ2v) is 15.5. The van der Waals surface area contributed by atoms with E-state index in [4.69, 9.17) is 0 Å². The molecule has 2 rings (SSSR count). The molecule has 2 unspecified atom stereocenters. The molecule has 0 aliphatic heterocycles. The molecular weight excluding hydrogens is 608 g/mol. The lowest BCUT2D eigenvalue weighted by Crippen LogP contribution is -2.58. The maximum absolute atomic E-state index is 12.1. The number of hydrogen-bond donors (Lipinski definition) is 1. The standard InChI is InChI=1S/C44H62O5/c1-31(21-24-37-35(5)19-13-28-42(37,7)8)15-11-16-33(3)23-26-39(40(45)46)44(49,41(47)48)30-27-34(4)18-12-17-32(2)22-25-38-36(6)20-14-29-43(38,9)10/h11-12,15-18,21-25,27,39,49H,13-14,19-20,26,28-30H2,1-10H3,(H,45,46)(H,47,48)/p-2/b16-11+,18-12+,24-21+,25-22+,31-15+,32-17+,33-23+,34-27+. The minimum Gasteiger partial charge on any atom is -0.550 e. The Labute approximate surface area is 296 Å². The summed E-state index contributed by atoms with van der Waals surface area (Å²) in [6, 6.07) is 0. The number of allylic oxidation sites excluding steroid dienone is 19. The molecule has 2 aliphatic rings. The Hall–Kier alpha value is -3.70. The Morgan fingerprint density at radius 2 is 1.16 bits per heavy atom. The SMILES string of the molecule is CC1=C(/C=C/C(C)=C/C=C/C(C)=C/CC(C(=O)[O-])C(O)(C/C=C(C)/C=C/C=C(C)/C=C/C2=C(C)CCCC2(C)C)C(=O)[O-])C(C)(C)CCC1. The van der Waals surface area contributed by atoms with E-state index in [2.05, 4.69) is 65.8 Å². The third kappa shape index (κ3) is 12.6. The van der Waals surface area contributed by atoms with Crippen LogP contribution >= 0.6 is 0 Å². The molecule has 0 bridgehead atoms. The van der Waals surface area contributed by atoms with Gasteiger partial charge in [0.15, 0.2) is 0 Å². The first kappa shape index (κ1) is 41.5. The summed E-state index contributed by atoms with van der Waals surface area (Å²) in [5.41, 5.74) is 6.89. The lowest BCUT2D eigenvalue weighted by molar-refractivity contribution is -0.340. The van der Waals surface area contributed by atoms with Gasteiger partial charge >= 0.3 is 0 Å². The topological polar surface area (TPSA) is 100 Å². The molecule has 1 N–H and O–H groups in total. The molecule has 2 aliphatic carbocycles. The van der Waals surface area contributed by atoms with Crippen molar-refractivity contribution >= 4 is 11.9 Å². The zero-order valence-corrected chi connectivity index (χ0v) is 31.7. The Balaban J connectivity index is 2.10. The molecule has 0 heterocycles. The van der Waals surface area contributed by atoms with Crippen LogP contribution in [-0.2, 0) is 9.59 Å². The van der Waals surface area contributed by atoms with Crippen molar-refractivity contribution in [3.05, 3.63) is 117 Å². The maximum atomic E-state index is 12.1. The zero-order valence-electron chi connectivity index (χ0n) is 31.7. The van der Waals surface area contributed by atoms with Crippen molar-refractivity contribution in [1.82, 2.24) is 0 Å². The van der Waals surface area contributed by atoms with Crippen molar-refractivity contribution in [1.29, 1.82) is 0 Å². The molecule has 0 aromatic heterocycles. The summed E-state index contributed by atoms with van der Waals surface area (Å²) < 4.78 is 0. The van der Waals surface area contributed by atoms with Crippen molar-refractivity contribution in [2.24, 2.45) is 16.7 Å². The van der Waals surface area contributed by atoms with E-state index in [9.17, 15) is 24.9 Å². The van der Waals surface area contributed by atoms with E-state index < -0.39 is 29.9 Å². The first-order valence-electron chi connectivity index (χ1n) is 17.7. The van der Waals surface area contributed by atoms with Gasteiger partial charge in [0.05, 0.1) is 5.97 Å². The largest absolute Gasteiger partial charge is 0.550 e. The number of carboxylic acids is 2. The van der Waals surface area contributed by atoms with Crippen molar-refractivity contribution in [3.63, 3.8) is 0 Å². The summed E-state index contributed by atoms with van der Waals surface area (Å²) in [7, 11) is 0. The normalized spacial score (nSPS) is 21.8. The quantitative estimate of drug-likeness (QED) is 0.176. The fourth-order valence-electron chi connectivity index (χ4n) is 6.88. The van der Waals surface area contributed by atoms with Crippen molar-refractivity contribution < 1.29 is 24.9 Å². The van der Waals surface area contributed by atoms with Gasteiger partial charge in [0.25, 0.3) is 0 Å². The molecular formula is C44H60O5-2. The van der Waals surface area contributed by atoms with Gasteiger partial charge in [0, 0.05) is 18.3 Å². The molecule has 5 nitrogen and oxygen atoms in total. The van der Waals surface area contributed by atoms with Gasteiger partial charge in [0.1, 0.15) is 5.60 Å². The molecule has 0 aromatic carbocycles. The summed E-state index contributed by atoms with van der Waals surface area (Å²) in [6.07, 6.45) is 29.4. The van der Waals surface area contributed by atoms with Crippen LogP contribution in [0, 0.1) is 16.7 Å². The smallest absolute Gasteiger partial charge is 0.116 e. The first-order valence-corrected chi connectivity index (χ1v) is 17.7. The molecule has 0 spiro atoms. The van der Waals surface area contributed by atoms with E-state index in [1.165, 1.54) is 54.1 Å². The van der Waals surface area contributed by atoms with E-state index in [1.54, 1.807) is 26.0 Å². The van der Waals surface area contributed by atoms with Gasteiger partial charge in [-0.15, -0.1) is 0 Å². The molecule has 0 aromatic rings. The summed E-state index contributed by atoms with van der Waals surface area (Å²) in [5, 5.41) is 35.3. The van der Waals surface area contributed by atoms with E-state index in [0.717, 1.165) is 29.6 Å². The number of carboxylic acid groups (broad SMARTS) is 2. The molecule has 49 heavy (non-hydrogen) atoms. The van der Waals surface area contributed by atoms with Gasteiger partial charge in [-0.2, -0.15) is 0 Å². The van der Waals surface area contributed by atoms with E-state index in [1.807, 2.05) is 44.2 Å². The minimum absolute atomic E-state index is 0.163. The lowest BCUT2D eigenvalue weighted by atomic mass is 9.72. The highest BCUT2D eigenvalue weighted by atomic mass is 16.4. The molecule has 0 amide bonds. The Bertz CT molecular complexity index is 1530. The summed E-state index contributed by atoms with van der Waals surface area (Å²) >= 11 is 0. The van der Waals surface area contributed by atoms with Crippen LogP contribution in [-0.4, -0.2) is 22.6 Å². The summed E-state index contributed by atoms with van der Waals surface area (Å²) in [4.78, 5) is 24.2. The molecule has 0 radical (unpaired) electrons. The Morgan fingerprint density at radius 3 is 1.55 bits per heavy atom. The Morgan fingerprint density at radius 1 is 0.735 bits per heavy atom. The maximum Gasteiger partial charge on any atom is 0.116 e. The molecule has 0 fully saturated rings. The van der Waals surface area contributed by atoms with Crippen LogP contribution < -0.4 is 10.2 Å². The van der Waals surface area contributed by atoms with Gasteiger partial charge in [-0.3, -0.25) is 0 Å². The third-order valence-corrected chi connectivity index (χ3v) is 10.2. The fraction of sp³-hybridized carbons (Fsp3) is 0.500. The van der Waals surface area contributed by atoms with Crippen molar-refractivity contribution in [2.45, 2.75) is 126 Å². The fourth-order valence-corrected chi connectivity index (χ4v) is 6.88. The van der Waals surface area contributed by atoms with Crippen molar-refractivity contribution in [3.8, 4) is 0 Å². The number of hydrogen-bond acceptors (Lipinski definition) is 5. The predicted octanol–water partition coefficient (Wildman–Crippen LogP) is 8.68. The summed E-state index contributed by atoms with van der Waals surface area (Å²) in [6.45, 7) is 21.2. The van der Waals surface area contributed by atoms with Gasteiger partial charge < -0.3 is 24.9 Å². The van der Waals surface area contributed by atoms with Crippen LogP contribution in [0.3, 0.4) is 0 Å². The number of rotatable bonds is 15. The highest BCUT2D eigenvalue weighted by molar-refractivity contribution is 5.84. The highest BCUT2D eigenvalue weighted by Crippen LogP contribution is 2.42. The first-order chi connectivity index (χ1) is 22.8. The molecule has 2 atom stereocenters. The monoisotopic (exact) mass is 668 g/mol. The molecule has 5 heteroatoms. The van der Waals surface area contributed by atoms with Gasteiger partial charge in [0.2, 0.25) is 0 Å². The average molecular weight is 669 g/mol. The van der Waals surface area contributed by atoms with Crippen molar-refractivity contribution in [2.75, 3.05) is 0 Å². The van der Waals surface area contributed by atoms with Crippen LogP contribution in [0.5, 0.6) is 0 Å². The van der Waals surface area contributed by atoms with Crippen LogP contribution in [0.4, 0.5) is 0 Å². The van der Waals surface area contributed by atoms with Crippen LogP contribution in [0.15, 0.2) is 117 Å². The lowest BCUT2D eigenvalue weighted by Gasteiger charge is -2.36. The van der Waals surface area contributed by atoms with Gasteiger partial charge in [-0.05, 0) is 108 Å². The molecule has 0 saturated heterocycles. The number of aliphatic carboxylic acids is 2. The summed E-state index contributed by atoms with van der Waals surface area (Å²) in [5.74, 6) is -5.18. The van der Waals surface area contributed by atoms with E-state index in [-0.39, 0.29) is 17.3 Å². The van der Waals surface area contributed by atoms with Gasteiger partial charge in [-0.25, -0.2) is 0 Å². The highest BCUT2D eigenvalue weighted by Gasteiger charge is 2.38. The van der Waals surface area contributed by atoms with Crippen LogP contribution in [0.1, 0.15) is 121 Å². The van der Waals surface area contributed by atoms with Crippen LogP contribution in [0.2, 0.25) is 0 Å². The number of carbonyl (C=O) groups excluding carboxylic acids is 2. The zero-order chi connectivity index (χ0) is 37.0. The molecule has 268 valence electrons. The number of carbonyl (C=O) groups is 2. The average Bonchev–Trinajstić information content (AvgIpc) is 2.98. The third-order valence-electron chi connectivity index (χ3n) is 10.2. The minimum atomic E-state index is -2.64. The Kier molecular flexibility index (Phi) is 15.5.